The first-order valence-corrected chi connectivity index (χ1v) is 8.44. The lowest BCUT2D eigenvalue weighted by molar-refractivity contribution is 0.607. The second-order valence-corrected chi connectivity index (χ2v) is 6.49. The zero-order valence-corrected chi connectivity index (χ0v) is 12.7. The zero-order chi connectivity index (χ0) is 14.7. The number of fused-ring (bicyclic) bond motifs is 1. The van der Waals surface area contributed by atoms with Crippen LogP contribution < -0.4 is 0 Å². The summed E-state index contributed by atoms with van der Waals surface area (Å²) in [7, 11) is 0. The Morgan fingerprint density at radius 2 is 2.19 bits per heavy atom. The quantitative estimate of drug-likeness (QED) is 0.627. The predicted molar refractivity (Wildman–Crippen MR) is 83.0 cm³/mol. The van der Waals surface area contributed by atoms with Crippen LogP contribution in [0, 0.1) is 22.7 Å². The summed E-state index contributed by atoms with van der Waals surface area (Å²) in [4.78, 5) is 4.69. The van der Waals surface area contributed by atoms with Crippen molar-refractivity contribution in [1.29, 1.82) is 10.5 Å². The molecule has 0 N–H and O–H groups in total. The molecule has 2 aliphatic carbocycles. The highest BCUT2D eigenvalue weighted by molar-refractivity contribution is 7.99. The molecule has 0 spiro atoms. The number of aryl methyl sites for hydroxylation is 1. The summed E-state index contributed by atoms with van der Waals surface area (Å²) in [5.74, 6) is 0.797. The molecular formula is C17H17N3S. The number of thioether (sulfide) groups is 1. The summed E-state index contributed by atoms with van der Waals surface area (Å²) in [5.41, 5.74) is 4.47. The first-order chi connectivity index (χ1) is 10.3. The van der Waals surface area contributed by atoms with Gasteiger partial charge in [-0.2, -0.15) is 10.5 Å². The van der Waals surface area contributed by atoms with Crippen molar-refractivity contribution < 1.29 is 0 Å². The molecule has 0 radical (unpaired) electrons. The van der Waals surface area contributed by atoms with Gasteiger partial charge >= 0.3 is 0 Å². The van der Waals surface area contributed by atoms with Crippen LogP contribution in [-0.2, 0) is 12.8 Å². The minimum Gasteiger partial charge on any atom is -0.245 e. The number of hydrogen-bond donors (Lipinski definition) is 0. The first-order valence-electron chi connectivity index (χ1n) is 7.45. The average Bonchev–Trinajstić information content (AvgIpc) is 3.00. The molecule has 0 aromatic carbocycles. The number of aromatic nitrogens is 1. The second kappa shape index (κ2) is 6.33. The highest BCUT2D eigenvalue weighted by Crippen LogP contribution is 2.40. The van der Waals surface area contributed by atoms with Gasteiger partial charge in [0.25, 0.3) is 0 Å². The highest BCUT2D eigenvalue weighted by atomic mass is 32.2. The Balaban J connectivity index is 2.11. The Morgan fingerprint density at radius 3 is 2.90 bits per heavy atom. The van der Waals surface area contributed by atoms with E-state index in [-0.39, 0.29) is 0 Å². The van der Waals surface area contributed by atoms with Crippen LogP contribution in [0.1, 0.15) is 54.0 Å². The van der Waals surface area contributed by atoms with E-state index in [9.17, 15) is 5.26 Å². The molecule has 0 unspecified atom stereocenters. The van der Waals surface area contributed by atoms with E-state index in [1.165, 1.54) is 28.6 Å². The first kappa shape index (κ1) is 14.2. The molecule has 3 rings (SSSR count). The smallest absolute Gasteiger partial charge is 0.115 e. The largest absolute Gasteiger partial charge is 0.245 e. The second-order valence-electron chi connectivity index (χ2n) is 5.52. The van der Waals surface area contributed by atoms with Crippen LogP contribution in [0.2, 0.25) is 0 Å². The molecule has 1 aromatic heterocycles. The molecule has 0 amide bonds. The SMILES string of the molecule is N#CCSc1nc2c(c([C@H]3CC=CCC3)c1C#N)CCC2. The van der Waals surface area contributed by atoms with E-state index in [0.29, 0.717) is 11.7 Å². The fourth-order valence-corrected chi connectivity index (χ4v) is 4.08. The van der Waals surface area contributed by atoms with Crippen molar-refractivity contribution in [3.63, 3.8) is 0 Å². The van der Waals surface area contributed by atoms with Gasteiger partial charge in [-0.25, -0.2) is 4.98 Å². The maximum Gasteiger partial charge on any atom is 0.115 e. The normalized spacial score (nSPS) is 19.8. The summed E-state index contributed by atoms with van der Waals surface area (Å²) in [6.07, 6.45) is 10.9. The van der Waals surface area contributed by atoms with Crippen molar-refractivity contribution in [1.82, 2.24) is 4.98 Å². The van der Waals surface area contributed by atoms with Gasteiger partial charge in [0.05, 0.1) is 17.4 Å². The number of nitrogens with zero attached hydrogens (tertiary/aromatic N) is 3. The highest BCUT2D eigenvalue weighted by Gasteiger charge is 2.28. The van der Waals surface area contributed by atoms with Crippen molar-refractivity contribution in [2.24, 2.45) is 0 Å². The molecule has 2 aliphatic rings. The molecule has 1 aromatic rings. The van der Waals surface area contributed by atoms with Crippen LogP contribution in [0.3, 0.4) is 0 Å². The van der Waals surface area contributed by atoms with Crippen molar-refractivity contribution in [2.45, 2.75) is 49.5 Å². The van der Waals surface area contributed by atoms with E-state index >= 15 is 0 Å². The van der Waals surface area contributed by atoms with E-state index in [0.717, 1.165) is 49.1 Å². The maximum atomic E-state index is 9.66. The molecule has 0 bridgehead atoms. The van der Waals surface area contributed by atoms with E-state index in [4.69, 9.17) is 5.26 Å². The monoisotopic (exact) mass is 295 g/mol. The van der Waals surface area contributed by atoms with E-state index in [1.54, 1.807) is 0 Å². The van der Waals surface area contributed by atoms with Crippen molar-refractivity contribution in [3.05, 3.63) is 34.5 Å². The molecule has 0 aliphatic heterocycles. The third kappa shape index (κ3) is 2.69. The number of hydrogen-bond acceptors (Lipinski definition) is 4. The lowest BCUT2D eigenvalue weighted by atomic mass is 9.83. The van der Waals surface area contributed by atoms with E-state index < -0.39 is 0 Å². The van der Waals surface area contributed by atoms with Gasteiger partial charge in [0.2, 0.25) is 0 Å². The van der Waals surface area contributed by atoms with Crippen LogP contribution in [-0.4, -0.2) is 10.7 Å². The van der Waals surface area contributed by atoms with Crippen molar-refractivity contribution in [3.8, 4) is 12.1 Å². The summed E-state index contributed by atoms with van der Waals surface area (Å²) in [6.45, 7) is 0. The Bertz CT molecular complexity index is 664. The molecule has 0 saturated heterocycles. The Morgan fingerprint density at radius 1 is 1.29 bits per heavy atom. The van der Waals surface area contributed by atoms with Crippen LogP contribution in [0.25, 0.3) is 0 Å². The minimum atomic E-state index is 0.352. The van der Waals surface area contributed by atoms with E-state index in [1.807, 2.05) is 0 Å². The van der Waals surface area contributed by atoms with Gasteiger partial charge in [-0.05, 0) is 55.6 Å². The van der Waals surface area contributed by atoms with Gasteiger partial charge < -0.3 is 0 Å². The topological polar surface area (TPSA) is 60.5 Å². The minimum absolute atomic E-state index is 0.352. The maximum absolute atomic E-state index is 9.66. The Labute approximate surface area is 129 Å². The zero-order valence-electron chi connectivity index (χ0n) is 11.9. The number of pyridine rings is 1. The van der Waals surface area contributed by atoms with Gasteiger partial charge in [0, 0.05) is 5.69 Å². The molecule has 0 saturated carbocycles. The van der Waals surface area contributed by atoms with Crippen LogP contribution in [0.4, 0.5) is 0 Å². The molecule has 4 heteroatoms. The third-order valence-corrected chi connectivity index (χ3v) is 5.14. The van der Waals surface area contributed by atoms with Gasteiger partial charge in [0.15, 0.2) is 0 Å². The Hall–Kier alpha value is -1.78. The van der Waals surface area contributed by atoms with Gasteiger partial charge in [0.1, 0.15) is 11.1 Å². The fourth-order valence-electron chi connectivity index (χ4n) is 3.41. The number of allylic oxidation sites excluding steroid dienone is 2. The lowest BCUT2D eigenvalue weighted by Crippen LogP contribution is -2.10. The molecule has 1 atom stereocenters. The summed E-state index contributed by atoms with van der Waals surface area (Å²) < 4.78 is 0. The standard InChI is InChI=1S/C17H17N3S/c18-9-10-21-17-14(11-19)16(12-5-2-1-3-6-12)13-7-4-8-15(13)20-17/h1-2,12H,3-8,10H2/t12-/m0/s1. The Kier molecular flexibility index (Phi) is 4.27. The average molecular weight is 295 g/mol. The van der Waals surface area contributed by atoms with Gasteiger partial charge in [-0.15, -0.1) is 0 Å². The fraction of sp³-hybridized carbons (Fsp3) is 0.471. The van der Waals surface area contributed by atoms with E-state index in [2.05, 4.69) is 29.3 Å². The summed E-state index contributed by atoms with van der Waals surface area (Å²) in [6, 6.07) is 4.52. The van der Waals surface area contributed by atoms with Crippen molar-refractivity contribution >= 4 is 11.8 Å². The molecule has 21 heavy (non-hydrogen) atoms. The molecule has 0 fully saturated rings. The van der Waals surface area contributed by atoms with Crippen LogP contribution in [0.15, 0.2) is 17.2 Å². The molecular weight excluding hydrogens is 278 g/mol. The van der Waals surface area contributed by atoms with Crippen LogP contribution in [0.5, 0.6) is 0 Å². The molecule has 106 valence electrons. The number of nitriles is 2. The lowest BCUT2D eigenvalue weighted by Gasteiger charge is -2.23. The molecule has 1 heterocycles. The molecule has 3 nitrogen and oxygen atoms in total. The van der Waals surface area contributed by atoms with Crippen molar-refractivity contribution in [2.75, 3.05) is 5.75 Å². The summed E-state index contributed by atoms with van der Waals surface area (Å²) >= 11 is 1.40. The number of rotatable bonds is 3. The summed E-state index contributed by atoms with van der Waals surface area (Å²) in [5, 5.41) is 19.2. The predicted octanol–water partition coefficient (Wildman–Crippen LogP) is 3.88. The van der Waals surface area contributed by atoms with Crippen LogP contribution >= 0.6 is 11.8 Å². The van der Waals surface area contributed by atoms with Gasteiger partial charge in [-0.3, -0.25) is 0 Å². The van der Waals surface area contributed by atoms with Gasteiger partial charge in [-0.1, -0.05) is 23.9 Å². The third-order valence-electron chi connectivity index (χ3n) is 4.30.